The second kappa shape index (κ2) is 3.42. The van der Waals surface area contributed by atoms with Crippen molar-refractivity contribution in [2.75, 3.05) is 0 Å². The number of hydrogen-bond donors (Lipinski definition) is 0. The van der Waals surface area contributed by atoms with Crippen molar-refractivity contribution in [2.45, 2.75) is 13.5 Å². The molecule has 0 atom stereocenters. The summed E-state index contributed by atoms with van der Waals surface area (Å²) in [5.74, 6) is 0.854. The number of para-hydroxylation sites is 1. The molecule has 0 bridgehead atoms. The first kappa shape index (κ1) is 9.54. The molecule has 0 radical (unpaired) electrons. The summed E-state index contributed by atoms with van der Waals surface area (Å²) in [6.45, 7) is 2.05. The Morgan fingerprint density at radius 2 is 2.25 bits per heavy atom. The average Bonchev–Trinajstić information content (AvgIpc) is 2.73. The number of benzene rings is 1. The first-order valence-corrected chi connectivity index (χ1v) is 5.80. The van der Waals surface area contributed by atoms with Crippen molar-refractivity contribution in [3.05, 3.63) is 34.2 Å². The van der Waals surface area contributed by atoms with E-state index in [1.54, 1.807) is 0 Å². The predicted octanol–water partition coefficient (Wildman–Crippen LogP) is 2.91. The fourth-order valence-electron chi connectivity index (χ4n) is 1.74. The lowest BCUT2D eigenvalue weighted by atomic mass is 10.1. The molecule has 2 heterocycles. The van der Waals surface area contributed by atoms with Gasteiger partial charge in [-0.1, -0.05) is 12.1 Å². The molecule has 16 heavy (non-hydrogen) atoms. The monoisotopic (exact) mass is 231 g/mol. The van der Waals surface area contributed by atoms with Gasteiger partial charge in [0.25, 0.3) is 0 Å². The molecule has 2 aromatic rings. The number of fused-ring (bicyclic) bond motifs is 3. The summed E-state index contributed by atoms with van der Waals surface area (Å²) in [6, 6.07) is 7.77. The minimum absolute atomic E-state index is 0.0110. The number of ether oxygens (including phenoxy) is 1. The van der Waals surface area contributed by atoms with E-state index in [0.29, 0.717) is 11.6 Å². The van der Waals surface area contributed by atoms with Crippen molar-refractivity contribution < 1.29 is 9.53 Å². The fourth-order valence-corrected chi connectivity index (χ4v) is 2.63. The van der Waals surface area contributed by atoms with E-state index in [0.717, 1.165) is 21.9 Å². The van der Waals surface area contributed by atoms with Crippen LogP contribution in [-0.4, -0.2) is 10.8 Å². The van der Waals surface area contributed by atoms with Crippen LogP contribution in [0.2, 0.25) is 0 Å². The van der Waals surface area contributed by atoms with Crippen LogP contribution in [0.25, 0.3) is 11.3 Å². The summed E-state index contributed by atoms with van der Waals surface area (Å²) >= 11 is 1.42. The topological polar surface area (TPSA) is 39.2 Å². The molecule has 1 aliphatic heterocycles. The summed E-state index contributed by atoms with van der Waals surface area (Å²) in [5.41, 5.74) is 1.88. The third-order valence-corrected chi connectivity index (χ3v) is 3.63. The zero-order valence-corrected chi connectivity index (χ0v) is 9.50. The van der Waals surface area contributed by atoms with Crippen LogP contribution in [0.4, 0.5) is 0 Å². The molecule has 0 aliphatic carbocycles. The summed E-state index contributed by atoms with van der Waals surface area (Å²) < 4.78 is 5.60. The lowest BCUT2D eigenvalue weighted by Crippen LogP contribution is -2.02. The number of aromatic nitrogens is 1. The number of hydrogen-bond acceptors (Lipinski definition) is 4. The molecule has 0 saturated heterocycles. The number of carbonyl (C=O) groups is 1. The molecule has 0 spiro atoms. The van der Waals surface area contributed by atoms with Gasteiger partial charge >= 0.3 is 0 Å². The lowest BCUT2D eigenvalue weighted by molar-refractivity contribution is 0.101. The van der Waals surface area contributed by atoms with E-state index < -0.39 is 0 Å². The largest absolute Gasteiger partial charge is 0.487 e. The number of Topliss-reactive ketones (excluding diaryl/α,β-unsaturated/α-hetero) is 1. The van der Waals surface area contributed by atoms with Gasteiger partial charge in [0, 0.05) is 12.5 Å². The van der Waals surface area contributed by atoms with Gasteiger partial charge in [0.15, 0.2) is 10.8 Å². The Labute approximate surface area is 96.7 Å². The minimum Gasteiger partial charge on any atom is -0.487 e. The molecule has 1 aromatic carbocycles. The highest BCUT2D eigenvalue weighted by Crippen LogP contribution is 2.39. The number of ketones is 1. The van der Waals surface area contributed by atoms with Gasteiger partial charge in [0.1, 0.15) is 12.4 Å². The standard InChI is InChI=1S/C12H9NO2S/c1-7(14)12-13-11-8-4-2-3-5-9(8)15-6-10(11)16-12/h2-5H,6H2,1H3. The first-order valence-electron chi connectivity index (χ1n) is 4.98. The molecule has 1 aliphatic rings. The average molecular weight is 231 g/mol. The summed E-state index contributed by atoms with van der Waals surface area (Å²) in [4.78, 5) is 16.7. The Balaban J connectivity index is 2.20. The number of nitrogens with zero attached hydrogens (tertiary/aromatic N) is 1. The zero-order valence-electron chi connectivity index (χ0n) is 8.69. The third-order valence-electron chi connectivity index (χ3n) is 2.50. The van der Waals surface area contributed by atoms with Crippen molar-refractivity contribution in [3.8, 4) is 17.0 Å². The van der Waals surface area contributed by atoms with E-state index >= 15 is 0 Å². The van der Waals surface area contributed by atoms with E-state index in [9.17, 15) is 4.79 Å². The Kier molecular flexibility index (Phi) is 2.04. The van der Waals surface area contributed by atoms with Gasteiger partial charge in [0.2, 0.25) is 0 Å². The maximum Gasteiger partial charge on any atom is 0.188 e. The van der Waals surface area contributed by atoms with Gasteiger partial charge < -0.3 is 4.74 Å². The lowest BCUT2D eigenvalue weighted by Gasteiger charge is -2.15. The molecule has 0 fully saturated rings. The number of rotatable bonds is 1. The number of carbonyl (C=O) groups excluding carboxylic acids is 1. The Morgan fingerprint density at radius 3 is 3.06 bits per heavy atom. The van der Waals surface area contributed by atoms with Crippen LogP contribution in [-0.2, 0) is 6.61 Å². The highest BCUT2D eigenvalue weighted by atomic mass is 32.1. The second-order valence-corrected chi connectivity index (χ2v) is 4.72. The Bertz CT molecular complexity index is 574. The zero-order chi connectivity index (χ0) is 11.1. The Morgan fingerprint density at radius 1 is 1.44 bits per heavy atom. The van der Waals surface area contributed by atoms with Gasteiger partial charge in [-0.3, -0.25) is 4.79 Å². The molecule has 3 nitrogen and oxygen atoms in total. The highest BCUT2D eigenvalue weighted by Gasteiger charge is 2.22. The van der Waals surface area contributed by atoms with Crippen molar-refractivity contribution in [1.29, 1.82) is 0 Å². The van der Waals surface area contributed by atoms with Crippen LogP contribution < -0.4 is 4.74 Å². The molecule has 0 N–H and O–H groups in total. The molecule has 3 rings (SSSR count). The maximum absolute atomic E-state index is 11.3. The molecular weight excluding hydrogens is 222 g/mol. The summed E-state index contributed by atoms with van der Waals surface area (Å²) in [7, 11) is 0. The van der Waals surface area contributed by atoms with Crippen LogP contribution in [0.1, 0.15) is 21.6 Å². The number of thiazole rings is 1. The van der Waals surface area contributed by atoms with Crippen LogP contribution >= 0.6 is 11.3 Å². The minimum atomic E-state index is 0.0110. The molecule has 80 valence electrons. The van der Waals surface area contributed by atoms with E-state index in [2.05, 4.69) is 4.98 Å². The highest BCUT2D eigenvalue weighted by molar-refractivity contribution is 7.14. The van der Waals surface area contributed by atoms with Gasteiger partial charge in [-0.25, -0.2) is 4.98 Å². The normalized spacial score (nSPS) is 12.6. The summed E-state index contributed by atoms with van der Waals surface area (Å²) in [6.07, 6.45) is 0. The molecule has 1 aromatic heterocycles. The SMILES string of the molecule is CC(=O)c1nc2c(s1)COc1ccccc1-2. The first-order chi connectivity index (χ1) is 7.75. The van der Waals surface area contributed by atoms with Crippen molar-refractivity contribution in [3.63, 3.8) is 0 Å². The van der Waals surface area contributed by atoms with Gasteiger partial charge in [-0.15, -0.1) is 11.3 Å². The fraction of sp³-hybridized carbons (Fsp3) is 0.167. The van der Waals surface area contributed by atoms with Crippen LogP contribution in [0, 0.1) is 0 Å². The van der Waals surface area contributed by atoms with Crippen LogP contribution in [0.3, 0.4) is 0 Å². The molecule has 0 saturated carbocycles. The van der Waals surface area contributed by atoms with E-state index in [-0.39, 0.29) is 5.78 Å². The maximum atomic E-state index is 11.3. The second-order valence-electron chi connectivity index (χ2n) is 3.63. The van der Waals surface area contributed by atoms with Gasteiger partial charge in [-0.2, -0.15) is 0 Å². The van der Waals surface area contributed by atoms with E-state index in [1.807, 2.05) is 24.3 Å². The quantitative estimate of drug-likeness (QED) is 0.708. The van der Waals surface area contributed by atoms with Crippen molar-refractivity contribution in [2.24, 2.45) is 0 Å². The van der Waals surface area contributed by atoms with Crippen LogP contribution in [0.5, 0.6) is 5.75 Å². The van der Waals surface area contributed by atoms with Crippen LogP contribution in [0.15, 0.2) is 24.3 Å². The summed E-state index contributed by atoms with van der Waals surface area (Å²) in [5, 5.41) is 0.560. The molecular formula is C12H9NO2S. The van der Waals surface area contributed by atoms with Gasteiger partial charge in [-0.05, 0) is 12.1 Å². The predicted molar refractivity (Wildman–Crippen MR) is 61.9 cm³/mol. The van der Waals surface area contributed by atoms with Crippen molar-refractivity contribution >= 4 is 17.1 Å². The van der Waals surface area contributed by atoms with Crippen molar-refractivity contribution in [1.82, 2.24) is 4.98 Å². The molecule has 0 amide bonds. The smallest absolute Gasteiger partial charge is 0.188 e. The Hall–Kier alpha value is -1.68. The molecule has 4 heteroatoms. The molecule has 0 unspecified atom stereocenters. The van der Waals surface area contributed by atoms with Gasteiger partial charge in [0.05, 0.1) is 10.6 Å². The van der Waals surface area contributed by atoms with E-state index in [4.69, 9.17) is 4.74 Å². The van der Waals surface area contributed by atoms with E-state index in [1.165, 1.54) is 18.3 Å². The third kappa shape index (κ3) is 1.34.